The molecule has 1 N–H and O–H groups in total. The molecule has 0 aliphatic heterocycles. The smallest absolute Gasteiger partial charge is 0.416 e. The molecular weight excluding hydrogens is 465 g/mol. The van der Waals surface area contributed by atoms with E-state index in [1.807, 2.05) is 6.92 Å². The van der Waals surface area contributed by atoms with Crippen LogP contribution in [-0.2, 0) is 11.0 Å². The number of hydrogen-bond donors (Lipinski definition) is 1. The molecule has 30 heavy (non-hydrogen) atoms. The number of methoxy groups -OCH3 is 1. The van der Waals surface area contributed by atoms with Crippen LogP contribution in [0, 0.1) is 11.3 Å². The number of carbonyl (C=O) groups excluding carboxylic acids is 1. The Bertz CT molecular complexity index is 998. The van der Waals surface area contributed by atoms with E-state index in [1.54, 1.807) is 18.2 Å². The lowest BCUT2D eigenvalue weighted by atomic mass is 10.1. The summed E-state index contributed by atoms with van der Waals surface area (Å²) in [6, 6.07) is 9.16. The van der Waals surface area contributed by atoms with Crippen molar-refractivity contribution in [3.63, 3.8) is 0 Å². The standard InChI is InChI=1S/C21H18BrF3N2O3/c1-3-7-30-19-17(22)9-13(10-18(19)29-2)8-14(12-26)20(28)27-16-6-4-5-15(11-16)21(23,24)25/h4-6,8-11H,3,7H2,1-2H3,(H,27,28)/b14-8+. The quantitative estimate of drug-likeness (QED) is 0.399. The van der Waals surface area contributed by atoms with Crippen molar-refractivity contribution in [1.82, 2.24) is 0 Å². The largest absolute Gasteiger partial charge is 0.493 e. The van der Waals surface area contributed by atoms with Gasteiger partial charge in [-0.25, -0.2) is 0 Å². The first-order chi connectivity index (χ1) is 14.2. The molecule has 0 atom stereocenters. The van der Waals surface area contributed by atoms with Gasteiger partial charge in [-0.2, -0.15) is 18.4 Å². The number of nitriles is 1. The van der Waals surface area contributed by atoms with Crippen molar-refractivity contribution >= 4 is 33.6 Å². The Morgan fingerprint density at radius 1 is 1.30 bits per heavy atom. The number of carbonyl (C=O) groups is 1. The highest BCUT2D eigenvalue weighted by molar-refractivity contribution is 9.10. The number of ether oxygens (including phenoxy) is 2. The summed E-state index contributed by atoms with van der Waals surface area (Å²) in [5.41, 5.74) is -0.793. The summed E-state index contributed by atoms with van der Waals surface area (Å²) in [7, 11) is 1.46. The second-order valence-electron chi connectivity index (χ2n) is 6.09. The van der Waals surface area contributed by atoms with Crippen LogP contribution in [0.3, 0.4) is 0 Å². The molecule has 1 amide bonds. The molecule has 2 aromatic rings. The summed E-state index contributed by atoms with van der Waals surface area (Å²) < 4.78 is 50.0. The lowest BCUT2D eigenvalue weighted by Crippen LogP contribution is -2.14. The third-order valence-electron chi connectivity index (χ3n) is 3.83. The SMILES string of the molecule is CCCOc1c(Br)cc(/C=C(\C#N)C(=O)Nc2cccc(C(F)(F)F)c2)cc1OC. The van der Waals surface area contributed by atoms with E-state index in [9.17, 15) is 23.2 Å². The predicted octanol–water partition coefficient (Wildman–Crippen LogP) is 5.81. The molecule has 0 saturated carbocycles. The van der Waals surface area contributed by atoms with Crippen molar-refractivity contribution in [3.05, 3.63) is 57.6 Å². The van der Waals surface area contributed by atoms with Crippen molar-refractivity contribution < 1.29 is 27.4 Å². The van der Waals surface area contributed by atoms with Crippen molar-refractivity contribution in [2.45, 2.75) is 19.5 Å². The van der Waals surface area contributed by atoms with Gasteiger partial charge >= 0.3 is 6.18 Å². The Hall–Kier alpha value is -2.99. The van der Waals surface area contributed by atoms with Crippen LogP contribution in [0.1, 0.15) is 24.5 Å². The number of hydrogen-bond acceptors (Lipinski definition) is 4. The Morgan fingerprint density at radius 3 is 2.63 bits per heavy atom. The highest BCUT2D eigenvalue weighted by atomic mass is 79.9. The molecule has 0 heterocycles. The molecule has 5 nitrogen and oxygen atoms in total. The molecule has 158 valence electrons. The van der Waals surface area contributed by atoms with E-state index in [0.29, 0.717) is 28.1 Å². The highest BCUT2D eigenvalue weighted by Crippen LogP contribution is 2.37. The van der Waals surface area contributed by atoms with Crippen LogP contribution in [-0.4, -0.2) is 19.6 Å². The van der Waals surface area contributed by atoms with Gasteiger partial charge in [0, 0.05) is 5.69 Å². The zero-order valence-electron chi connectivity index (χ0n) is 16.1. The maximum atomic E-state index is 12.8. The zero-order chi connectivity index (χ0) is 22.3. The van der Waals surface area contributed by atoms with Gasteiger partial charge in [0.05, 0.1) is 23.8 Å². The number of nitrogens with zero attached hydrogens (tertiary/aromatic N) is 1. The van der Waals surface area contributed by atoms with Crippen LogP contribution >= 0.6 is 15.9 Å². The normalized spacial score (nSPS) is 11.6. The highest BCUT2D eigenvalue weighted by Gasteiger charge is 2.30. The van der Waals surface area contributed by atoms with E-state index in [4.69, 9.17) is 9.47 Å². The maximum absolute atomic E-state index is 12.8. The van der Waals surface area contributed by atoms with Gasteiger partial charge in [-0.15, -0.1) is 0 Å². The summed E-state index contributed by atoms with van der Waals surface area (Å²) in [5.74, 6) is 0.0568. The molecule has 0 bridgehead atoms. The van der Waals surface area contributed by atoms with E-state index in [0.717, 1.165) is 18.6 Å². The molecule has 0 aromatic heterocycles. The van der Waals surface area contributed by atoms with Gasteiger partial charge in [0.25, 0.3) is 5.91 Å². The molecule has 0 unspecified atom stereocenters. The second-order valence-corrected chi connectivity index (χ2v) is 6.94. The third kappa shape index (κ3) is 6.00. The Kier molecular flexibility index (Phi) is 7.89. The predicted molar refractivity (Wildman–Crippen MR) is 110 cm³/mol. The molecule has 0 saturated heterocycles. The van der Waals surface area contributed by atoms with Gasteiger partial charge in [0.2, 0.25) is 0 Å². The number of nitrogens with one attached hydrogen (secondary N) is 1. The maximum Gasteiger partial charge on any atom is 0.416 e. The Morgan fingerprint density at radius 2 is 2.03 bits per heavy atom. The summed E-state index contributed by atoms with van der Waals surface area (Å²) in [4.78, 5) is 12.4. The van der Waals surface area contributed by atoms with Crippen molar-refractivity contribution in [3.8, 4) is 17.6 Å². The molecule has 0 radical (unpaired) electrons. The minimum absolute atomic E-state index is 0.0713. The van der Waals surface area contributed by atoms with Gasteiger partial charge in [-0.1, -0.05) is 13.0 Å². The van der Waals surface area contributed by atoms with Crippen LogP contribution in [0.5, 0.6) is 11.5 Å². The summed E-state index contributed by atoms with van der Waals surface area (Å²) in [6.45, 7) is 2.44. The van der Waals surface area contributed by atoms with E-state index in [1.165, 1.54) is 25.3 Å². The summed E-state index contributed by atoms with van der Waals surface area (Å²) >= 11 is 3.37. The van der Waals surface area contributed by atoms with Crippen molar-refractivity contribution in [1.29, 1.82) is 5.26 Å². The molecule has 9 heteroatoms. The molecule has 0 aliphatic carbocycles. The van der Waals surface area contributed by atoms with Crippen LogP contribution in [0.15, 0.2) is 46.4 Å². The Balaban J connectivity index is 2.30. The third-order valence-corrected chi connectivity index (χ3v) is 4.42. The van der Waals surface area contributed by atoms with Gasteiger partial charge in [-0.3, -0.25) is 4.79 Å². The number of amides is 1. The minimum Gasteiger partial charge on any atom is -0.493 e. The average molecular weight is 483 g/mol. The zero-order valence-corrected chi connectivity index (χ0v) is 17.7. The minimum atomic E-state index is -4.54. The number of alkyl halides is 3. The first-order valence-corrected chi connectivity index (χ1v) is 9.59. The van der Waals surface area contributed by atoms with Crippen LogP contribution in [0.25, 0.3) is 6.08 Å². The van der Waals surface area contributed by atoms with Gasteiger partial charge < -0.3 is 14.8 Å². The molecule has 2 rings (SSSR count). The molecule has 0 spiro atoms. The average Bonchev–Trinajstić information content (AvgIpc) is 2.70. The van der Waals surface area contributed by atoms with Gasteiger partial charge in [0.1, 0.15) is 11.6 Å². The number of benzene rings is 2. The molecule has 2 aromatic carbocycles. The van der Waals surface area contributed by atoms with Crippen molar-refractivity contribution in [2.75, 3.05) is 19.0 Å². The van der Waals surface area contributed by atoms with Crippen molar-refractivity contribution in [2.24, 2.45) is 0 Å². The van der Waals surface area contributed by atoms with E-state index >= 15 is 0 Å². The monoisotopic (exact) mass is 482 g/mol. The fourth-order valence-corrected chi connectivity index (χ4v) is 3.03. The van der Waals surface area contributed by atoms with E-state index in [-0.39, 0.29) is 11.3 Å². The van der Waals surface area contributed by atoms with Gasteiger partial charge in [-0.05, 0) is 64.3 Å². The van der Waals surface area contributed by atoms with Crippen LogP contribution in [0.2, 0.25) is 0 Å². The first-order valence-electron chi connectivity index (χ1n) is 8.80. The Labute approximate surface area is 180 Å². The van der Waals surface area contributed by atoms with Crippen LogP contribution < -0.4 is 14.8 Å². The van der Waals surface area contributed by atoms with Crippen LogP contribution in [0.4, 0.5) is 18.9 Å². The second kappa shape index (κ2) is 10.2. The lowest BCUT2D eigenvalue weighted by molar-refractivity contribution is -0.137. The topological polar surface area (TPSA) is 71.3 Å². The van der Waals surface area contributed by atoms with E-state index < -0.39 is 17.6 Å². The van der Waals surface area contributed by atoms with Gasteiger partial charge in [0.15, 0.2) is 11.5 Å². The number of halogens is 4. The fraction of sp³-hybridized carbons (Fsp3) is 0.238. The molecule has 0 fully saturated rings. The summed E-state index contributed by atoms with van der Waals surface area (Å²) in [6.07, 6.45) is -2.44. The molecular formula is C21H18BrF3N2O3. The fourth-order valence-electron chi connectivity index (χ4n) is 2.45. The first kappa shape index (κ1) is 23.3. The van der Waals surface area contributed by atoms with E-state index in [2.05, 4.69) is 21.2 Å². The number of anilines is 1. The summed E-state index contributed by atoms with van der Waals surface area (Å²) in [5, 5.41) is 11.7. The molecule has 0 aliphatic rings. The lowest BCUT2D eigenvalue weighted by Gasteiger charge is -2.13. The number of rotatable bonds is 7.